The number of rotatable bonds is 9. The van der Waals surface area contributed by atoms with Crippen molar-refractivity contribution in [2.24, 2.45) is 0 Å². The molecule has 8 nitrogen and oxygen atoms in total. The van der Waals surface area contributed by atoms with Gasteiger partial charge in [-0.05, 0) is 69.3 Å². The summed E-state index contributed by atoms with van der Waals surface area (Å²) in [5, 5.41) is 3.03. The van der Waals surface area contributed by atoms with Crippen LogP contribution in [-0.2, 0) is 14.8 Å². The Labute approximate surface area is 218 Å². The van der Waals surface area contributed by atoms with Crippen LogP contribution in [-0.4, -0.2) is 40.2 Å². The van der Waals surface area contributed by atoms with E-state index in [-0.39, 0.29) is 17.5 Å². The molecular formula is C28H32N2O6S. The molecule has 37 heavy (non-hydrogen) atoms. The van der Waals surface area contributed by atoms with Gasteiger partial charge in [-0.15, -0.1) is 0 Å². The third-order valence-electron chi connectivity index (χ3n) is 6.07. The molecule has 0 spiro atoms. The van der Waals surface area contributed by atoms with E-state index in [9.17, 15) is 13.2 Å². The summed E-state index contributed by atoms with van der Waals surface area (Å²) in [6.07, 6.45) is 0.523. The molecule has 1 heterocycles. The largest absolute Gasteiger partial charge is 0.497 e. The molecule has 0 fully saturated rings. The Kier molecular flexibility index (Phi) is 7.63. The molecule has 1 unspecified atom stereocenters. The minimum absolute atomic E-state index is 0.0669. The first-order valence-corrected chi connectivity index (χ1v) is 13.5. The van der Waals surface area contributed by atoms with E-state index in [1.807, 2.05) is 32.9 Å². The second kappa shape index (κ2) is 10.7. The Morgan fingerprint density at radius 2 is 1.73 bits per heavy atom. The van der Waals surface area contributed by atoms with Crippen LogP contribution in [0.5, 0.6) is 17.2 Å². The smallest absolute Gasteiger partial charge is 0.264 e. The number of methoxy groups -OCH3 is 1. The molecule has 3 aromatic rings. The average Bonchev–Trinajstić information content (AvgIpc) is 2.87. The van der Waals surface area contributed by atoms with Gasteiger partial charge in [0, 0.05) is 18.1 Å². The van der Waals surface area contributed by atoms with Gasteiger partial charge < -0.3 is 19.5 Å². The normalized spacial score (nSPS) is 16.2. The Morgan fingerprint density at radius 1 is 1.05 bits per heavy atom. The van der Waals surface area contributed by atoms with Crippen LogP contribution in [0.15, 0.2) is 77.7 Å². The van der Waals surface area contributed by atoms with E-state index in [4.69, 9.17) is 14.2 Å². The Morgan fingerprint density at radius 3 is 2.38 bits per heavy atom. The maximum absolute atomic E-state index is 13.7. The summed E-state index contributed by atoms with van der Waals surface area (Å²) in [4.78, 5) is 13.4. The molecule has 9 heteroatoms. The molecule has 0 radical (unpaired) electrons. The molecule has 0 aliphatic carbocycles. The Bertz CT molecular complexity index is 1340. The van der Waals surface area contributed by atoms with E-state index >= 15 is 0 Å². The fraction of sp³-hybridized carbons (Fsp3) is 0.321. The number of carbonyl (C=O) groups excluding carboxylic acids is 1. The minimum atomic E-state index is -4.04. The highest BCUT2D eigenvalue weighted by molar-refractivity contribution is 7.92. The summed E-state index contributed by atoms with van der Waals surface area (Å²) in [6, 6.07) is 19.9. The van der Waals surface area contributed by atoms with Crippen LogP contribution < -0.4 is 23.8 Å². The lowest BCUT2D eigenvalue weighted by Crippen LogP contribution is -2.45. The van der Waals surface area contributed by atoms with Crippen molar-refractivity contribution in [2.75, 3.05) is 24.6 Å². The van der Waals surface area contributed by atoms with Gasteiger partial charge in [0.15, 0.2) is 0 Å². The first kappa shape index (κ1) is 26.3. The molecule has 196 valence electrons. The summed E-state index contributed by atoms with van der Waals surface area (Å²) >= 11 is 0. The average molecular weight is 525 g/mol. The zero-order valence-electron chi connectivity index (χ0n) is 21.4. The first-order valence-electron chi connectivity index (χ1n) is 12.1. The highest BCUT2D eigenvalue weighted by atomic mass is 32.2. The van der Waals surface area contributed by atoms with E-state index < -0.39 is 21.5 Å². The lowest BCUT2D eigenvalue weighted by molar-refractivity contribution is -0.120. The molecular weight excluding hydrogens is 492 g/mol. The van der Waals surface area contributed by atoms with E-state index in [1.165, 1.54) is 12.1 Å². The molecule has 1 atom stereocenters. The topological polar surface area (TPSA) is 94.2 Å². The number of hydrogen-bond acceptors (Lipinski definition) is 6. The number of anilines is 1. The number of benzene rings is 3. The summed E-state index contributed by atoms with van der Waals surface area (Å²) < 4.78 is 45.3. The fourth-order valence-corrected chi connectivity index (χ4v) is 5.79. The quantitative estimate of drug-likeness (QED) is 0.436. The first-order chi connectivity index (χ1) is 17.6. The summed E-state index contributed by atoms with van der Waals surface area (Å²) in [5.74, 6) is 1.42. The number of nitrogens with zero attached hydrogens (tertiary/aromatic N) is 1. The van der Waals surface area contributed by atoms with Crippen LogP contribution in [0.25, 0.3) is 0 Å². The second-order valence-corrected chi connectivity index (χ2v) is 11.2. The van der Waals surface area contributed by atoms with Crippen LogP contribution in [0.4, 0.5) is 5.69 Å². The zero-order valence-corrected chi connectivity index (χ0v) is 22.2. The van der Waals surface area contributed by atoms with Crippen molar-refractivity contribution in [3.8, 4) is 17.2 Å². The summed E-state index contributed by atoms with van der Waals surface area (Å²) in [5.41, 5.74) is 0.670. The van der Waals surface area contributed by atoms with Gasteiger partial charge in [0.2, 0.25) is 5.91 Å². The second-order valence-electron chi connectivity index (χ2n) is 9.34. The summed E-state index contributed by atoms with van der Waals surface area (Å²) in [7, 11) is -2.46. The molecule has 1 aliphatic heterocycles. The van der Waals surface area contributed by atoms with Gasteiger partial charge >= 0.3 is 0 Å². The maximum atomic E-state index is 13.7. The number of ether oxygens (including phenoxy) is 3. The van der Waals surface area contributed by atoms with Gasteiger partial charge in [-0.25, -0.2) is 8.42 Å². The van der Waals surface area contributed by atoms with Crippen molar-refractivity contribution in [3.63, 3.8) is 0 Å². The molecule has 4 rings (SSSR count). The predicted octanol–water partition coefficient (Wildman–Crippen LogP) is 4.71. The van der Waals surface area contributed by atoms with Crippen LogP contribution in [0.2, 0.25) is 0 Å². The molecule has 0 saturated carbocycles. The molecule has 0 bridgehead atoms. The number of carbonyl (C=O) groups is 1. The molecule has 0 aromatic heterocycles. The number of amides is 1. The van der Waals surface area contributed by atoms with E-state index in [2.05, 4.69) is 5.32 Å². The number of hydrogen-bond donors (Lipinski definition) is 1. The standard InChI is InChI=1S/C28H32N2O6S/c1-5-35-21-11-14-23(15-12-21)37(32,33)30(20-9-7-6-8-10-20)19-27(31)29-25-18-28(2,3)36-26-17-22(34-4)13-16-24(25)26/h6-17,25H,5,18-19H2,1-4H3,(H,29,31). The van der Waals surface area contributed by atoms with Gasteiger partial charge in [0.25, 0.3) is 10.0 Å². The van der Waals surface area contributed by atoms with Gasteiger partial charge in [-0.1, -0.05) is 18.2 Å². The molecule has 3 aromatic carbocycles. The molecule has 1 aliphatic rings. The van der Waals surface area contributed by atoms with Crippen molar-refractivity contribution < 1.29 is 27.4 Å². The monoisotopic (exact) mass is 524 g/mol. The van der Waals surface area contributed by atoms with Crippen molar-refractivity contribution in [1.29, 1.82) is 0 Å². The third kappa shape index (κ3) is 5.99. The molecule has 0 saturated heterocycles. The lowest BCUT2D eigenvalue weighted by Gasteiger charge is -2.38. The van der Waals surface area contributed by atoms with Crippen molar-refractivity contribution in [2.45, 2.75) is 43.7 Å². The summed E-state index contributed by atoms with van der Waals surface area (Å²) in [6.45, 7) is 5.83. The molecule has 1 N–H and O–H groups in total. The number of nitrogens with one attached hydrogen (secondary N) is 1. The van der Waals surface area contributed by atoms with E-state index in [0.717, 1.165) is 9.87 Å². The SMILES string of the molecule is CCOc1ccc(S(=O)(=O)N(CC(=O)NC2CC(C)(C)Oc3cc(OC)ccc32)c2ccccc2)cc1. The zero-order chi connectivity index (χ0) is 26.6. The van der Waals surface area contributed by atoms with Crippen molar-refractivity contribution >= 4 is 21.6 Å². The predicted molar refractivity (Wildman–Crippen MR) is 142 cm³/mol. The Balaban J connectivity index is 1.61. The number of sulfonamides is 1. The number of para-hydroxylation sites is 1. The lowest BCUT2D eigenvalue weighted by atomic mass is 9.89. The van der Waals surface area contributed by atoms with Crippen molar-refractivity contribution in [1.82, 2.24) is 5.32 Å². The van der Waals surface area contributed by atoms with Gasteiger partial charge in [0.05, 0.1) is 30.3 Å². The van der Waals surface area contributed by atoms with Gasteiger partial charge in [-0.2, -0.15) is 0 Å². The van der Waals surface area contributed by atoms with Gasteiger partial charge in [0.1, 0.15) is 29.4 Å². The van der Waals surface area contributed by atoms with E-state index in [1.54, 1.807) is 55.6 Å². The molecule has 1 amide bonds. The third-order valence-corrected chi connectivity index (χ3v) is 7.86. The van der Waals surface area contributed by atoms with E-state index in [0.29, 0.717) is 36.0 Å². The van der Waals surface area contributed by atoms with Crippen molar-refractivity contribution in [3.05, 3.63) is 78.4 Å². The highest BCUT2D eigenvalue weighted by Gasteiger charge is 2.36. The van der Waals surface area contributed by atoms with Crippen LogP contribution >= 0.6 is 0 Å². The van der Waals surface area contributed by atoms with Crippen LogP contribution in [0, 0.1) is 0 Å². The van der Waals surface area contributed by atoms with Gasteiger partial charge in [-0.3, -0.25) is 9.10 Å². The Hall–Kier alpha value is -3.72. The highest BCUT2D eigenvalue weighted by Crippen LogP contribution is 2.41. The minimum Gasteiger partial charge on any atom is -0.497 e. The fourth-order valence-electron chi connectivity index (χ4n) is 4.37. The van der Waals surface area contributed by atoms with Crippen LogP contribution in [0.3, 0.4) is 0 Å². The number of fused-ring (bicyclic) bond motifs is 1. The van der Waals surface area contributed by atoms with Crippen LogP contribution in [0.1, 0.15) is 38.8 Å². The maximum Gasteiger partial charge on any atom is 0.264 e.